The highest BCUT2D eigenvalue weighted by atomic mass is 32.2. The molecule has 7 nitrogen and oxygen atoms in total. The monoisotopic (exact) mass is 444 g/mol. The lowest BCUT2D eigenvalue weighted by molar-refractivity contribution is 0.0619. The number of sulfonamides is 1. The van der Waals surface area contributed by atoms with Crippen LogP contribution in [0.3, 0.4) is 0 Å². The van der Waals surface area contributed by atoms with Crippen LogP contribution in [0.15, 0.2) is 47.4 Å². The number of fused-ring (bicyclic) bond motifs is 1. The van der Waals surface area contributed by atoms with Gasteiger partial charge < -0.3 is 14.8 Å². The highest BCUT2D eigenvalue weighted by Crippen LogP contribution is 2.40. The van der Waals surface area contributed by atoms with Crippen LogP contribution in [-0.4, -0.2) is 50.5 Å². The van der Waals surface area contributed by atoms with Crippen molar-refractivity contribution in [3.8, 4) is 5.75 Å². The number of ether oxygens (including phenoxy) is 2. The summed E-state index contributed by atoms with van der Waals surface area (Å²) in [7, 11) is -3.59. The fourth-order valence-electron chi connectivity index (χ4n) is 4.04. The van der Waals surface area contributed by atoms with Gasteiger partial charge in [-0.3, -0.25) is 4.79 Å². The topological polar surface area (TPSA) is 84.9 Å². The lowest BCUT2D eigenvalue weighted by atomic mass is 9.89. The molecule has 4 rings (SSSR count). The summed E-state index contributed by atoms with van der Waals surface area (Å²) in [5.41, 5.74) is 2.05. The highest BCUT2D eigenvalue weighted by Gasteiger charge is 2.35. The quantitative estimate of drug-likeness (QED) is 0.784. The summed E-state index contributed by atoms with van der Waals surface area (Å²) in [6.07, 6.45) is 0.637. The molecule has 0 aromatic heterocycles. The van der Waals surface area contributed by atoms with Gasteiger partial charge in [0.1, 0.15) is 11.4 Å². The van der Waals surface area contributed by atoms with E-state index < -0.39 is 15.6 Å². The van der Waals surface area contributed by atoms with Crippen LogP contribution in [-0.2, 0) is 14.8 Å². The predicted octanol–water partition coefficient (Wildman–Crippen LogP) is 3.05. The number of hydrogen-bond donors (Lipinski definition) is 1. The average molecular weight is 445 g/mol. The van der Waals surface area contributed by atoms with Gasteiger partial charge in [-0.2, -0.15) is 4.31 Å². The molecule has 2 aliphatic rings. The Labute approximate surface area is 183 Å². The molecule has 1 atom stereocenters. The van der Waals surface area contributed by atoms with E-state index in [2.05, 4.69) is 5.32 Å². The minimum atomic E-state index is -3.59. The zero-order valence-corrected chi connectivity index (χ0v) is 18.9. The molecule has 31 heavy (non-hydrogen) atoms. The number of rotatable bonds is 4. The van der Waals surface area contributed by atoms with E-state index in [1.165, 1.54) is 16.4 Å². The second kappa shape index (κ2) is 8.26. The summed E-state index contributed by atoms with van der Waals surface area (Å²) in [6.45, 7) is 7.47. The Morgan fingerprint density at radius 1 is 1.10 bits per heavy atom. The first-order valence-corrected chi connectivity index (χ1v) is 11.9. The van der Waals surface area contributed by atoms with E-state index in [-0.39, 0.29) is 16.8 Å². The van der Waals surface area contributed by atoms with E-state index >= 15 is 0 Å². The summed E-state index contributed by atoms with van der Waals surface area (Å²) in [5.74, 6) is 0.540. The number of amides is 1. The predicted molar refractivity (Wildman–Crippen MR) is 117 cm³/mol. The molecule has 1 amide bonds. The molecule has 8 heteroatoms. The molecule has 2 heterocycles. The SMILES string of the molecule is Cc1ccc2c(c1)OC(C)(C)C[C@H]2NC(=O)c1ccc(S(=O)(=O)N2CCOCC2)cc1. The number of nitrogens with zero attached hydrogens (tertiary/aromatic N) is 1. The third-order valence-corrected chi connectivity index (χ3v) is 7.57. The minimum absolute atomic E-state index is 0.180. The van der Waals surface area contributed by atoms with Gasteiger partial charge in [-0.15, -0.1) is 0 Å². The molecule has 0 radical (unpaired) electrons. The van der Waals surface area contributed by atoms with E-state index in [1.807, 2.05) is 39.0 Å². The summed E-state index contributed by atoms with van der Waals surface area (Å²) in [5, 5.41) is 3.09. The number of benzene rings is 2. The summed E-state index contributed by atoms with van der Waals surface area (Å²) < 4.78 is 38.3. The molecule has 0 unspecified atom stereocenters. The second-order valence-corrected chi connectivity index (χ2v) is 10.6. The Balaban J connectivity index is 1.52. The molecule has 0 aliphatic carbocycles. The maximum atomic E-state index is 12.9. The van der Waals surface area contributed by atoms with Crippen molar-refractivity contribution in [2.45, 2.75) is 43.7 Å². The normalized spacial score (nSPS) is 21.1. The van der Waals surface area contributed by atoms with Gasteiger partial charge in [0.2, 0.25) is 10.0 Å². The molecule has 2 aromatic rings. The van der Waals surface area contributed by atoms with E-state index in [0.717, 1.165) is 16.9 Å². The van der Waals surface area contributed by atoms with E-state index in [0.29, 0.717) is 38.3 Å². The first-order chi connectivity index (χ1) is 14.7. The first-order valence-electron chi connectivity index (χ1n) is 10.4. The van der Waals surface area contributed by atoms with Gasteiger partial charge in [0, 0.05) is 30.6 Å². The molecule has 0 saturated carbocycles. The summed E-state index contributed by atoms with van der Waals surface area (Å²) in [6, 6.07) is 11.9. The first kappa shape index (κ1) is 21.8. The molecule has 1 N–H and O–H groups in total. The lowest BCUT2D eigenvalue weighted by Gasteiger charge is -2.38. The molecule has 2 aliphatic heterocycles. The van der Waals surface area contributed by atoms with Crippen LogP contribution >= 0.6 is 0 Å². The molecule has 2 aromatic carbocycles. The zero-order valence-electron chi connectivity index (χ0n) is 18.1. The third-order valence-electron chi connectivity index (χ3n) is 5.66. The van der Waals surface area contributed by atoms with Crippen LogP contribution in [0.1, 0.15) is 47.8 Å². The zero-order chi connectivity index (χ0) is 22.2. The van der Waals surface area contributed by atoms with Crippen LogP contribution in [0.4, 0.5) is 0 Å². The minimum Gasteiger partial charge on any atom is -0.487 e. The van der Waals surface area contributed by atoms with Crippen LogP contribution in [0, 0.1) is 6.92 Å². The average Bonchev–Trinajstić information content (AvgIpc) is 2.73. The van der Waals surface area contributed by atoms with Gasteiger partial charge in [-0.1, -0.05) is 12.1 Å². The molecular weight excluding hydrogens is 416 g/mol. The van der Waals surface area contributed by atoms with Crippen molar-refractivity contribution in [2.75, 3.05) is 26.3 Å². The molecular formula is C23H28N2O5S. The Bertz CT molecular complexity index is 1070. The third kappa shape index (κ3) is 4.61. The molecule has 0 bridgehead atoms. The summed E-state index contributed by atoms with van der Waals surface area (Å²) in [4.78, 5) is 13.1. The number of aryl methyl sites for hydroxylation is 1. The van der Waals surface area contributed by atoms with Crippen LogP contribution < -0.4 is 10.1 Å². The number of carbonyl (C=O) groups excluding carboxylic acids is 1. The highest BCUT2D eigenvalue weighted by molar-refractivity contribution is 7.89. The lowest BCUT2D eigenvalue weighted by Crippen LogP contribution is -2.41. The van der Waals surface area contributed by atoms with Gasteiger partial charge in [-0.05, 0) is 56.7 Å². The molecule has 166 valence electrons. The van der Waals surface area contributed by atoms with Crippen molar-refractivity contribution in [1.29, 1.82) is 0 Å². The molecule has 1 fully saturated rings. The van der Waals surface area contributed by atoms with Crippen molar-refractivity contribution in [2.24, 2.45) is 0 Å². The van der Waals surface area contributed by atoms with Crippen LogP contribution in [0.5, 0.6) is 5.75 Å². The van der Waals surface area contributed by atoms with Crippen molar-refractivity contribution in [3.05, 3.63) is 59.2 Å². The van der Waals surface area contributed by atoms with Gasteiger partial charge in [0.05, 0.1) is 24.2 Å². The van der Waals surface area contributed by atoms with Crippen molar-refractivity contribution in [3.63, 3.8) is 0 Å². The Morgan fingerprint density at radius 2 is 1.77 bits per heavy atom. The van der Waals surface area contributed by atoms with Crippen LogP contribution in [0.25, 0.3) is 0 Å². The van der Waals surface area contributed by atoms with Crippen molar-refractivity contribution >= 4 is 15.9 Å². The smallest absolute Gasteiger partial charge is 0.251 e. The fourth-order valence-corrected chi connectivity index (χ4v) is 5.45. The number of hydrogen-bond acceptors (Lipinski definition) is 5. The van der Waals surface area contributed by atoms with Gasteiger partial charge >= 0.3 is 0 Å². The number of nitrogens with one attached hydrogen (secondary N) is 1. The standard InChI is InChI=1S/C23H28N2O5S/c1-16-4-9-19-20(15-23(2,3)30-21(19)14-16)24-22(26)17-5-7-18(8-6-17)31(27,28)25-10-12-29-13-11-25/h4-9,14,20H,10-13,15H2,1-3H3,(H,24,26)/t20-/m1/s1. The van der Waals surface area contributed by atoms with Gasteiger partial charge in [0.15, 0.2) is 0 Å². The van der Waals surface area contributed by atoms with Crippen molar-refractivity contribution in [1.82, 2.24) is 9.62 Å². The summed E-state index contributed by atoms with van der Waals surface area (Å²) >= 11 is 0. The molecule has 0 spiro atoms. The second-order valence-electron chi connectivity index (χ2n) is 8.67. The maximum absolute atomic E-state index is 12.9. The maximum Gasteiger partial charge on any atom is 0.251 e. The van der Waals surface area contributed by atoms with Crippen LogP contribution in [0.2, 0.25) is 0 Å². The molecule has 1 saturated heterocycles. The van der Waals surface area contributed by atoms with Gasteiger partial charge in [0.25, 0.3) is 5.91 Å². The van der Waals surface area contributed by atoms with E-state index in [9.17, 15) is 13.2 Å². The largest absolute Gasteiger partial charge is 0.487 e. The van der Waals surface area contributed by atoms with Gasteiger partial charge in [-0.25, -0.2) is 8.42 Å². The number of morpholine rings is 1. The van der Waals surface area contributed by atoms with E-state index in [1.54, 1.807) is 12.1 Å². The van der Waals surface area contributed by atoms with E-state index in [4.69, 9.17) is 9.47 Å². The Kier molecular flexibility index (Phi) is 5.81. The Hall–Kier alpha value is -2.42. The van der Waals surface area contributed by atoms with Crippen molar-refractivity contribution < 1.29 is 22.7 Å². The Morgan fingerprint density at radius 3 is 2.45 bits per heavy atom. The number of carbonyl (C=O) groups is 1. The fraction of sp³-hybridized carbons (Fsp3) is 0.435.